The van der Waals surface area contributed by atoms with Crippen LogP contribution in [0.4, 0.5) is 0 Å². The Morgan fingerprint density at radius 3 is 2.75 bits per heavy atom. The van der Waals surface area contributed by atoms with Crippen LogP contribution in [0.25, 0.3) is 0 Å². The quantitative estimate of drug-likeness (QED) is 0.802. The van der Waals surface area contributed by atoms with Gasteiger partial charge in [-0.15, -0.1) is 0 Å². The molecule has 0 radical (unpaired) electrons. The summed E-state index contributed by atoms with van der Waals surface area (Å²) >= 11 is 0. The van der Waals surface area contributed by atoms with Crippen molar-refractivity contribution in [3.63, 3.8) is 0 Å². The Morgan fingerprint density at radius 1 is 1.05 bits per heavy atom. The molecule has 0 unspecified atom stereocenters. The second kappa shape index (κ2) is 6.90. The fourth-order valence-electron chi connectivity index (χ4n) is 4.11. The molecule has 0 saturated carbocycles. The SMILES string of the molecule is O=C(OC[C@H]1CCCN2CCCC[C@H]12)[C@H]1CCCCN1. The Morgan fingerprint density at radius 2 is 1.90 bits per heavy atom. The average molecular weight is 280 g/mol. The van der Waals surface area contributed by atoms with Crippen LogP contribution in [0.2, 0.25) is 0 Å². The summed E-state index contributed by atoms with van der Waals surface area (Å²) in [4.78, 5) is 14.7. The molecule has 3 aliphatic rings. The Balaban J connectivity index is 1.48. The minimum Gasteiger partial charge on any atom is -0.464 e. The van der Waals surface area contributed by atoms with Gasteiger partial charge in [-0.1, -0.05) is 12.8 Å². The van der Waals surface area contributed by atoms with Gasteiger partial charge in [-0.2, -0.15) is 0 Å². The zero-order chi connectivity index (χ0) is 13.8. The Labute approximate surface area is 122 Å². The van der Waals surface area contributed by atoms with Crippen LogP contribution in [-0.4, -0.2) is 49.2 Å². The summed E-state index contributed by atoms with van der Waals surface area (Å²) in [6.07, 6.45) is 9.75. The molecule has 0 spiro atoms. The van der Waals surface area contributed by atoms with E-state index in [0.717, 1.165) is 19.4 Å². The third kappa shape index (κ3) is 3.34. The largest absolute Gasteiger partial charge is 0.464 e. The lowest BCUT2D eigenvalue weighted by atomic mass is 9.84. The van der Waals surface area contributed by atoms with E-state index in [-0.39, 0.29) is 12.0 Å². The summed E-state index contributed by atoms with van der Waals surface area (Å²) in [5.74, 6) is 0.550. The van der Waals surface area contributed by atoms with Gasteiger partial charge >= 0.3 is 5.97 Å². The zero-order valence-electron chi connectivity index (χ0n) is 12.5. The molecule has 4 heteroatoms. The number of hydrogen-bond acceptors (Lipinski definition) is 4. The van der Waals surface area contributed by atoms with Crippen LogP contribution in [0.5, 0.6) is 0 Å². The van der Waals surface area contributed by atoms with E-state index in [1.807, 2.05) is 0 Å². The van der Waals surface area contributed by atoms with E-state index in [9.17, 15) is 4.79 Å². The van der Waals surface area contributed by atoms with Gasteiger partial charge in [-0.25, -0.2) is 0 Å². The van der Waals surface area contributed by atoms with E-state index in [2.05, 4.69) is 10.2 Å². The van der Waals surface area contributed by atoms with E-state index in [0.29, 0.717) is 18.6 Å². The topological polar surface area (TPSA) is 41.6 Å². The van der Waals surface area contributed by atoms with Gasteiger partial charge in [0, 0.05) is 12.0 Å². The van der Waals surface area contributed by atoms with Crippen molar-refractivity contribution < 1.29 is 9.53 Å². The molecule has 0 aromatic carbocycles. The van der Waals surface area contributed by atoms with Gasteiger partial charge in [0.25, 0.3) is 0 Å². The highest BCUT2D eigenvalue weighted by Crippen LogP contribution is 2.31. The molecule has 114 valence electrons. The van der Waals surface area contributed by atoms with Crippen LogP contribution < -0.4 is 5.32 Å². The molecule has 0 bridgehead atoms. The Hall–Kier alpha value is -0.610. The van der Waals surface area contributed by atoms with E-state index in [1.165, 1.54) is 51.6 Å². The first-order valence-corrected chi connectivity index (χ1v) is 8.48. The van der Waals surface area contributed by atoms with Crippen molar-refractivity contribution >= 4 is 5.97 Å². The lowest BCUT2D eigenvalue weighted by Gasteiger charge is -2.44. The molecule has 4 nitrogen and oxygen atoms in total. The number of hydrogen-bond donors (Lipinski definition) is 1. The van der Waals surface area contributed by atoms with Gasteiger partial charge in [0.2, 0.25) is 0 Å². The van der Waals surface area contributed by atoms with Crippen LogP contribution in [0, 0.1) is 5.92 Å². The molecule has 1 N–H and O–H groups in total. The average Bonchev–Trinajstić information content (AvgIpc) is 2.53. The zero-order valence-corrected chi connectivity index (χ0v) is 12.5. The summed E-state index contributed by atoms with van der Waals surface area (Å²) in [5.41, 5.74) is 0. The highest BCUT2D eigenvalue weighted by molar-refractivity contribution is 5.75. The van der Waals surface area contributed by atoms with Crippen molar-refractivity contribution in [3.05, 3.63) is 0 Å². The van der Waals surface area contributed by atoms with Gasteiger partial charge in [-0.3, -0.25) is 9.69 Å². The lowest BCUT2D eigenvalue weighted by Crippen LogP contribution is -2.50. The van der Waals surface area contributed by atoms with Gasteiger partial charge < -0.3 is 10.1 Å². The first-order chi connectivity index (χ1) is 9.84. The standard InChI is InChI=1S/C16H28N2O2/c19-16(14-7-1-3-9-17-14)20-12-13-6-5-11-18-10-4-2-8-15(13)18/h13-15,17H,1-12H2/t13-,14-,15-/m1/s1. The van der Waals surface area contributed by atoms with Crippen molar-refractivity contribution in [1.82, 2.24) is 10.2 Å². The first kappa shape index (κ1) is 14.3. The summed E-state index contributed by atoms with van der Waals surface area (Å²) in [6.45, 7) is 4.09. The van der Waals surface area contributed by atoms with E-state index >= 15 is 0 Å². The van der Waals surface area contributed by atoms with Crippen LogP contribution >= 0.6 is 0 Å². The highest BCUT2D eigenvalue weighted by atomic mass is 16.5. The second-order valence-electron chi connectivity index (χ2n) is 6.63. The third-order valence-corrected chi connectivity index (χ3v) is 5.26. The monoisotopic (exact) mass is 280 g/mol. The second-order valence-corrected chi connectivity index (χ2v) is 6.63. The predicted molar refractivity (Wildman–Crippen MR) is 78.5 cm³/mol. The number of esters is 1. The molecule has 3 rings (SSSR count). The molecular formula is C16H28N2O2. The number of piperidine rings is 3. The first-order valence-electron chi connectivity index (χ1n) is 8.48. The van der Waals surface area contributed by atoms with Crippen LogP contribution in [0.1, 0.15) is 51.4 Å². The van der Waals surface area contributed by atoms with Crippen molar-refractivity contribution in [2.75, 3.05) is 26.2 Å². The minimum atomic E-state index is -0.0465. The van der Waals surface area contributed by atoms with Gasteiger partial charge in [0.05, 0.1) is 6.61 Å². The summed E-state index contributed by atoms with van der Waals surface area (Å²) in [6, 6.07) is 0.624. The fourth-order valence-corrected chi connectivity index (χ4v) is 4.11. The van der Waals surface area contributed by atoms with Crippen molar-refractivity contribution in [2.45, 2.75) is 63.5 Å². The molecule has 0 aromatic heterocycles. The maximum atomic E-state index is 12.1. The van der Waals surface area contributed by atoms with E-state index in [4.69, 9.17) is 4.74 Å². The summed E-state index contributed by atoms with van der Waals surface area (Å²) in [5, 5.41) is 3.28. The molecule has 3 heterocycles. The molecule has 3 aliphatic heterocycles. The maximum Gasteiger partial charge on any atom is 0.323 e. The number of ether oxygens (including phenoxy) is 1. The number of nitrogens with one attached hydrogen (secondary N) is 1. The van der Waals surface area contributed by atoms with Crippen molar-refractivity contribution in [2.24, 2.45) is 5.92 Å². The Bertz CT molecular complexity index is 326. The molecule has 3 atom stereocenters. The highest BCUT2D eigenvalue weighted by Gasteiger charge is 2.34. The predicted octanol–water partition coefficient (Wildman–Crippen LogP) is 1.94. The lowest BCUT2D eigenvalue weighted by molar-refractivity contribution is -0.149. The Kier molecular flexibility index (Phi) is 4.94. The summed E-state index contributed by atoms with van der Waals surface area (Å²) in [7, 11) is 0. The molecular weight excluding hydrogens is 252 g/mol. The number of rotatable bonds is 3. The van der Waals surface area contributed by atoms with Crippen LogP contribution in [-0.2, 0) is 9.53 Å². The summed E-state index contributed by atoms with van der Waals surface area (Å²) < 4.78 is 5.64. The number of carbonyl (C=O) groups excluding carboxylic acids is 1. The number of nitrogens with zero attached hydrogens (tertiary/aromatic N) is 1. The minimum absolute atomic E-state index is 0.0161. The van der Waals surface area contributed by atoms with E-state index < -0.39 is 0 Å². The molecule has 3 fully saturated rings. The van der Waals surface area contributed by atoms with Crippen molar-refractivity contribution in [3.8, 4) is 0 Å². The molecule has 20 heavy (non-hydrogen) atoms. The van der Waals surface area contributed by atoms with Gasteiger partial charge in [0.15, 0.2) is 0 Å². The normalized spacial score (nSPS) is 35.3. The number of carbonyl (C=O) groups is 1. The molecule has 3 saturated heterocycles. The van der Waals surface area contributed by atoms with Crippen molar-refractivity contribution in [1.29, 1.82) is 0 Å². The molecule has 0 aromatic rings. The number of fused-ring (bicyclic) bond motifs is 1. The van der Waals surface area contributed by atoms with Crippen LogP contribution in [0.3, 0.4) is 0 Å². The third-order valence-electron chi connectivity index (χ3n) is 5.26. The molecule has 0 aliphatic carbocycles. The van der Waals surface area contributed by atoms with Gasteiger partial charge in [-0.05, 0) is 58.2 Å². The fraction of sp³-hybridized carbons (Fsp3) is 0.938. The van der Waals surface area contributed by atoms with Crippen LogP contribution in [0.15, 0.2) is 0 Å². The van der Waals surface area contributed by atoms with Gasteiger partial charge in [0.1, 0.15) is 6.04 Å². The molecule has 0 amide bonds. The van der Waals surface area contributed by atoms with E-state index in [1.54, 1.807) is 0 Å². The smallest absolute Gasteiger partial charge is 0.323 e. The maximum absolute atomic E-state index is 12.1.